The van der Waals surface area contributed by atoms with E-state index >= 15 is 0 Å². The number of methoxy groups -OCH3 is 2. The van der Waals surface area contributed by atoms with Gasteiger partial charge in [0.2, 0.25) is 0 Å². The van der Waals surface area contributed by atoms with Gasteiger partial charge in [-0.2, -0.15) is 0 Å². The van der Waals surface area contributed by atoms with Crippen molar-refractivity contribution in [3.05, 3.63) is 45.1 Å². The molecule has 2 N–H and O–H groups in total. The second kappa shape index (κ2) is 6.34. The molecule has 122 valence electrons. The molecular formula is C14H15N3O6. The van der Waals surface area contributed by atoms with Crippen LogP contribution in [-0.4, -0.2) is 31.1 Å². The molecule has 1 heterocycles. The quantitative estimate of drug-likeness (QED) is 0.491. The maximum atomic E-state index is 12.0. The molecule has 23 heavy (non-hydrogen) atoms. The van der Waals surface area contributed by atoms with Gasteiger partial charge in [-0.3, -0.25) is 10.1 Å². The van der Waals surface area contributed by atoms with Crippen molar-refractivity contribution in [2.75, 3.05) is 14.2 Å². The van der Waals surface area contributed by atoms with Crippen LogP contribution in [0.2, 0.25) is 0 Å². The summed E-state index contributed by atoms with van der Waals surface area (Å²) in [6, 6.07) is 2.48. The van der Waals surface area contributed by atoms with Crippen LogP contribution in [0.1, 0.15) is 18.5 Å². The summed E-state index contributed by atoms with van der Waals surface area (Å²) in [7, 11) is 2.60. The Kier molecular flexibility index (Phi) is 4.49. The third-order valence-corrected chi connectivity index (χ3v) is 3.41. The summed E-state index contributed by atoms with van der Waals surface area (Å²) in [4.78, 5) is 34.2. The molecule has 0 radical (unpaired) electrons. The van der Waals surface area contributed by atoms with Crippen molar-refractivity contribution in [2.45, 2.75) is 13.0 Å². The van der Waals surface area contributed by atoms with E-state index in [4.69, 9.17) is 9.47 Å². The van der Waals surface area contributed by atoms with Gasteiger partial charge in [0, 0.05) is 23.4 Å². The molecule has 1 aromatic rings. The second-order valence-electron chi connectivity index (χ2n) is 4.75. The summed E-state index contributed by atoms with van der Waals surface area (Å²) in [5, 5.41) is 16.0. The normalized spacial score (nSPS) is 17.2. The molecule has 0 saturated heterocycles. The number of non-ortho nitro benzene ring substituents is 1. The molecule has 9 heteroatoms. The summed E-state index contributed by atoms with van der Waals surface area (Å²) in [6.45, 7) is 1.54. The Labute approximate surface area is 131 Å². The molecule has 0 spiro atoms. The van der Waals surface area contributed by atoms with Crippen molar-refractivity contribution in [1.82, 2.24) is 10.6 Å². The molecule has 1 aliphatic heterocycles. The highest BCUT2D eigenvalue weighted by atomic mass is 16.6. The third-order valence-electron chi connectivity index (χ3n) is 3.41. The number of hydrogen-bond donors (Lipinski definition) is 2. The Morgan fingerprint density at radius 1 is 1.35 bits per heavy atom. The first-order chi connectivity index (χ1) is 10.9. The zero-order valence-corrected chi connectivity index (χ0v) is 12.7. The first-order valence-corrected chi connectivity index (χ1v) is 6.58. The molecule has 0 aromatic heterocycles. The lowest BCUT2D eigenvalue weighted by atomic mass is 9.94. The lowest BCUT2D eigenvalue weighted by Crippen LogP contribution is -2.45. The fraction of sp³-hybridized carbons (Fsp3) is 0.286. The van der Waals surface area contributed by atoms with Crippen molar-refractivity contribution >= 4 is 17.7 Å². The number of nitrogens with one attached hydrogen (secondary N) is 2. The van der Waals surface area contributed by atoms with Crippen molar-refractivity contribution < 1.29 is 24.0 Å². The van der Waals surface area contributed by atoms with Gasteiger partial charge in [-0.25, -0.2) is 9.59 Å². The van der Waals surface area contributed by atoms with Gasteiger partial charge in [0.15, 0.2) is 0 Å². The highest BCUT2D eigenvalue weighted by Gasteiger charge is 2.34. The number of nitro benzene ring substituents is 1. The van der Waals surface area contributed by atoms with Crippen LogP contribution in [0.25, 0.3) is 0 Å². The number of rotatable bonds is 4. The minimum absolute atomic E-state index is 0.144. The van der Waals surface area contributed by atoms with Crippen molar-refractivity contribution in [2.24, 2.45) is 0 Å². The van der Waals surface area contributed by atoms with E-state index in [-0.39, 0.29) is 16.8 Å². The predicted molar refractivity (Wildman–Crippen MR) is 78.8 cm³/mol. The molecule has 0 unspecified atom stereocenters. The zero-order chi connectivity index (χ0) is 17.1. The maximum absolute atomic E-state index is 12.0. The minimum atomic E-state index is -0.925. The van der Waals surface area contributed by atoms with Crippen molar-refractivity contribution in [3.63, 3.8) is 0 Å². The number of carbonyl (C=O) groups excluding carboxylic acids is 2. The van der Waals surface area contributed by atoms with Crippen molar-refractivity contribution in [3.8, 4) is 5.75 Å². The lowest BCUT2D eigenvalue weighted by molar-refractivity contribution is -0.385. The van der Waals surface area contributed by atoms with Crippen LogP contribution in [0.4, 0.5) is 10.5 Å². The van der Waals surface area contributed by atoms with E-state index in [1.54, 1.807) is 6.92 Å². The molecule has 1 aromatic carbocycles. The fourth-order valence-electron chi connectivity index (χ4n) is 2.37. The number of ether oxygens (including phenoxy) is 2. The number of hydrogen-bond acceptors (Lipinski definition) is 6. The average Bonchev–Trinajstić information content (AvgIpc) is 2.52. The van der Waals surface area contributed by atoms with Gasteiger partial charge >= 0.3 is 12.0 Å². The van der Waals surface area contributed by atoms with Gasteiger partial charge in [0.05, 0.1) is 30.8 Å². The van der Waals surface area contributed by atoms with Crippen LogP contribution in [0, 0.1) is 10.1 Å². The predicted octanol–water partition coefficient (Wildman–Crippen LogP) is 1.40. The van der Waals surface area contributed by atoms with Gasteiger partial charge in [-0.15, -0.1) is 0 Å². The van der Waals surface area contributed by atoms with E-state index in [2.05, 4.69) is 10.6 Å². The number of esters is 1. The molecule has 1 atom stereocenters. The summed E-state index contributed by atoms with van der Waals surface area (Å²) >= 11 is 0. The van der Waals surface area contributed by atoms with E-state index in [9.17, 15) is 19.7 Å². The Balaban J connectivity index is 2.63. The van der Waals surface area contributed by atoms with E-state index in [1.165, 1.54) is 32.4 Å². The van der Waals surface area contributed by atoms with Crippen LogP contribution in [0.15, 0.2) is 29.5 Å². The van der Waals surface area contributed by atoms with Gasteiger partial charge in [0.1, 0.15) is 5.75 Å². The number of amides is 2. The Morgan fingerprint density at radius 2 is 2.04 bits per heavy atom. The molecule has 0 saturated carbocycles. The molecule has 2 rings (SSSR count). The summed E-state index contributed by atoms with van der Waals surface area (Å²) in [6.07, 6.45) is 0. The highest BCUT2D eigenvalue weighted by molar-refractivity contribution is 5.95. The van der Waals surface area contributed by atoms with E-state index in [0.717, 1.165) is 0 Å². The Hall–Kier alpha value is -3.10. The smallest absolute Gasteiger partial charge is 0.337 e. The van der Waals surface area contributed by atoms with Gasteiger partial charge in [-0.1, -0.05) is 0 Å². The minimum Gasteiger partial charge on any atom is -0.496 e. The molecule has 0 bridgehead atoms. The monoisotopic (exact) mass is 321 g/mol. The number of benzene rings is 1. The highest BCUT2D eigenvalue weighted by Crippen LogP contribution is 2.35. The van der Waals surface area contributed by atoms with E-state index < -0.39 is 23.0 Å². The summed E-state index contributed by atoms with van der Waals surface area (Å²) in [5.41, 5.74) is 0.553. The van der Waals surface area contributed by atoms with Crippen LogP contribution in [-0.2, 0) is 9.53 Å². The fourth-order valence-corrected chi connectivity index (χ4v) is 2.37. The maximum Gasteiger partial charge on any atom is 0.337 e. The van der Waals surface area contributed by atoms with E-state index in [0.29, 0.717) is 11.4 Å². The van der Waals surface area contributed by atoms with Crippen LogP contribution < -0.4 is 15.4 Å². The second-order valence-corrected chi connectivity index (χ2v) is 4.75. The summed E-state index contributed by atoms with van der Waals surface area (Å²) < 4.78 is 9.93. The zero-order valence-electron chi connectivity index (χ0n) is 12.7. The van der Waals surface area contributed by atoms with Gasteiger partial charge in [0.25, 0.3) is 5.69 Å². The average molecular weight is 321 g/mol. The molecule has 0 fully saturated rings. The standard InChI is InChI=1S/C14H15N3O6/c1-7-11(13(18)23-3)12(16-14(19)15-7)9-6-8(17(20)21)4-5-10(9)22-2/h4-6,12H,1-3H3,(H2,15,16,19)/t12-/m0/s1. The molecule has 9 nitrogen and oxygen atoms in total. The molecule has 1 aliphatic rings. The largest absolute Gasteiger partial charge is 0.496 e. The number of nitro groups is 1. The summed E-state index contributed by atoms with van der Waals surface area (Å²) in [5.74, 6) is -0.356. The van der Waals surface area contributed by atoms with Crippen molar-refractivity contribution in [1.29, 1.82) is 0 Å². The molecule has 0 aliphatic carbocycles. The first-order valence-electron chi connectivity index (χ1n) is 6.58. The number of allylic oxidation sites excluding steroid dienone is 1. The molecule has 2 amide bonds. The molecular weight excluding hydrogens is 306 g/mol. The number of urea groups is 1. The Morgan fingerprint density at radius 3 is 2.61 bits per heavy atom. The topological polar surface area (TPSA) is 120 Å². The SMILES string of the molecule is COC(=O)C1=C(C)NC(=O)N[C@H]1c1cc([N+](=O)[O-])ccc1OC. The number of carbonyl (C=O) groups is 2. The van der Waals surface area contributed by atoms with Gasteiger partial charge < -0.3 is 20.1 Å². The van der Waals surface area contributed by atoms with Crippen LogP contribution >= 0.6 is 0 Å². The van der Waals surface area contributed by atoms with Gasteiger partial charge in [-0.05, 0) is 13.0 Å². The third kappa shape index (κ3) is 3.07. The number of nitrogens with zero attached hydrogens (tertiary/aromatic N) is 1. The first kappa shape index (κ1) is 16.3. The van der Waals surface area contributed by atoms with Crippen LogP contribution in [0.5, 0.6) is 5.75 Å². The Bertz CT molecular complexity index is 712. The lowest BCUT2D eigenvalue weighted by Gasteiger charge is -2.28. The van der Waals surface area contributed by atoms with E-state index in [1.807, 2.05) is 0 Å². The van der Waals surface area contributed by atoms with Crippen LogP contribution in [0.3, 0.4) is 0 Å².